The van der Waals surface area contributed by atoms with Crippen molar-refractivity contribution in [3.05, 3.63) is 71.0 Å². The molecule has 3 rings (SSSR count). The molecule has 0 aromatic heterocycles. The standard InChI is InChI=1S/C20H22FN3/c21-20-4-1-3-19(13-20)16-24-10-2-9-23(11-12-24)15-18-7-5-17(14-22)6-8-18/h1,3-8,13H,2,9-12,15-16H2. The van der Waals surface area contributed by atoms with E-state index in [1.165, 1.54) is 11.6 Å². The van der Waals surface area contributed by atoms with E-state index in [9.17, 15) is 4.39 Å². The molecule has 0 amide bonds. The lowest BCUT2D eigenvalue weighted by Gasteiger charge is -2.22. The molecule has 2 aromatic carbocycles. The van der Waals surface area contributed by atoms with E-state index in [1.807, 2.05) is 30.3 Å². The number of benzene rings is 2. The monoisotopic (exact) mass is 323 g/mol. The van der Waals surface area contributed by atoms with Gasteiger partial charge < -0.3 is 0 Å². The first-order valence-electron chi connectivity index (χ1n) is 8.41. The van der Waals surface area contributed by atoms with Gasteiger partial charge in [-0.15, -0.1) is 0 Å². The second-order valence-electron chi connectivity index (χ2n) is 6.34. The van der Waals surface area contributed by atoms with Crippen molar-refractivity contribution in [1.82, 2.24) is 9.80 Å². The van der Waals surface area contributed by atoms with Crippen molar-refractivity contribution in [2.75, 3.05) is 26.2 Å². The summed E-state index contributed by atoms with van der Waals surface area (Å²) in [6.45, 7) is 5.84. The van der Waals surface area contributed by atoms with E-state index >= 15 is 0 Å². The topological polar surface area (TPSA) is 30.3 Å². The highest BCUT2D eigenvalue weighted by atomic mass is 19.1. The van der Waals surface area contributed by atoms with Gasteiger partial charge in [0.25, 0.3) is 0 Å². The Bertz CT molecular complexity index is 706. The molecule has 24 heavy (non-hydrogen) atoms. The molecule has 1 aliphatic rings. The quantitative estimate of drug-likeness (QED) is 0.864. The smallest absolute Gasteiger partial charge is 0.123 e. The Morgan fingerprint density at radius 2 is 1.54 bits per heavy atom. The number of nitriles is 1. The number of nitrogens with zero attached hydrogens (tertiary/aromatic N) is 3. The summed E-state index contributed by atoms with van der Waals surface area (Å²) in [4.78, 5) is 4.85. The Morgan fingerprint density at radius 1 is 0.875 bits per heavy atom. The van der Waals surface area contributed by atoms with Crippen LogP contribution in [0.1, 0.15) is 23.1 Å². The highest BCUT2D eigenvalue weighted by molar-refractivity contribution is 5.31. The van der Waals surface area contributed by atoms with Gasteiger partial charge in [-0.05, 0) is 54.9 Å². The van der Waals surface area contributed by atoms with Crippen LogP contribution in [0.5, 0.6) is 0 Å². The molecule has 0 bridgehead atoms. The number of hydrogen-bond acceptors (Lipinski definition) is 3. The molecular weight excluding hydrogens is 301 g/mol. The van der Waals surface area contributed by atoms with E-state index in [2.05, 4.69) is 15.9 Å². The average molecular weight is 323 g/mol. The first kappa shape index (κ1) is 16.6. The van der Waals surface area contributed by atoms with Crippen LogP contribution in [0.15, 0.2) is 48.5 Å². The van der Waals surface area contributed by atoms with Crippen LogP contribution in [0.4, 0.5) is 4.39 Å². The summed E-state index contributed by atoms with van der Waals surface area (Å²) in [5.41, 5.74) is 2.99. The summed E-state index contributed by atoms with van der Waals surface area (Å²) in [6, 6.07) is 16.9. The molecule has 0 saturated carbocycles. The molecule has 0 radical (unpaired) electrons. The first-order valence-corrected chi connectivity index (χ1v) is 8.41. The van der Waals surface area contributed by atoms with E-state index in [4.69, 9.17) is 5.26 Å². The molecule has 1 aliphatic heterocycles. The third-order valence-electron chi connectivity index (χ3n) is 4.47. The second-order valence-corrected chi connectivity index (χ2v) is 6.34. The average Bonchev–Trinajstić information content (AvgIpc) is 2.81. The van der Waals surface area contributed by atoms with Crippen LogP contribution < -0.4 is 0 Å². The molecule has 1 saturated heterocycles. The van der Waals surface area contributed by atoms with Gasteiger partial charge in [-0.1, -0.05) is 24.3 Å². The van der Waals surface area contributed by atoms with Gasteiger partial charge >= 0.3 is 0 Å². The van der Waals surface area contributed by atoms with Crippen molar-refractivity contribution in [1.29, 1.82) is 5.26 Å². The van der Waals surface area contributed by atoms with Crippen molar-refractivity contribution in [3.63, 3.8) is 0 Å². The Balaban J connectivity index is 1.53. The number of halogens is 1. The summed E-state index contributed by atoms with van der Waals surface area (Å²) in [6.07, 6.45) is 1.12. The lowest BCUT2D eigenvalue weighted by molar-refractivity contribution is 0.247. The van der Waals surface area contributed by atoms with Gasteiger partial charge in [-0.3, -0.25) is 9.80 Å². The Hall–Kier alpha value is -2.22. The Kier molecular flexibility index (Phi) is 5.58. The van der Waals surface area contributed by atoms with Gasteiger partial charge in [0, 0.05) is 26.2 Å². The SMILES string of the molecule is N#Cc1ccc(CN2CCCN(Cc3cccc(F)c3)CC2)cc1. The molecular formula is C20H22FN3. The van der Waals surface area contributed by atoms with Crippen LogP contribution >= 0.6 is 0 Å². The minimum Gasteiger partial charge on any atom is -0.298 e. The molecule has 0 aliphatic carbocycles. The van der Waals surface area contributed by atoms with E-state index in [0.29, 0.717) is 5.56 Å². The van der Waals surface area contributed by atoms with Gasteiger partial charge in [0.2, 0.25) is 0 Å². The summed E-state index contributed by atoms with van der Waals surface area (Å²) in [5.74, 6) is -0.162. The maximum atomic E-state index is 13.3. The summed E-state index contributed by atoms with van der Waals surface area (Å²) in [7, 11) is 0. The number of rotatable bonds is 4. The maximum absolute atomic E-state index is 13.3. The normalized spacial score (nSPS) is 16.5. The molecule has 3 nitrogen and oxygen atoms in total. The van der Waals surface area contributed by atoms with Gasteiger partial charge in [-0.2, -0.15) is 5.26 Å². The van der Waals surface area contributed by atoms with Crippen LogP contribution in [0.3, 0.4) is 0 Å². The van der Waals surface area contributed by atoms with E-state index in [-0.39, 0.29) is 5.82 Å². The minimum absolute atomic E-state index is 0.162. The fourth-order valence-electron chi connectivity index (χ4n) is 3.18. The molecule has 0 spiro atoms. The predicted octanol–water partition coefficient (Wildman–Crippen LogP) is 3.41. The fourth-order valence-corrected chi connectivity index (χ4v) is 3.18. The van der Waals surface area contributed by atoms with Crippen molar-refractivity contribution >= 4 is 0 Å². The molecule has 2 aromatic rings. The minimum atomic E-state index is -0.162. The van der Waals surface area contributed by atoms with Crippen molar-refractivity contribution in [2.24, 2.45) is 0 Å². The first-order chi connectivity index (χ1) is 11.7. The van der Waals surface area contributed by atoms with Crippen LogP contribution in [-0.4, -0.2) is 36.0 Å². The summed E-state index contributed by atoms with van der Waals surface area (Å²) < 4.78 is 13.3. The molecule has 0 atom stereocenters. The predicted molar refractivity (Wildman–Crippen MR) is 92.7 cm³/mol. The Morgan fingerprint density at radius 3 is 2.17 bits per heavy atom. The third kappa shape index (κ3) is 4.64. The molecule has 1 heterocycles. The lowest BCUT2D eigenvalue weighted by atomic mass is 10.1. The highest BCUT2D eigenvalue weighted by Gasteiger charge is 2.15. The molecule has 0 N–H and O–H groups in total. The van der Waals surface area contributed by atoms with Gasteiger partial charge in [0.05, 0.1) is 11.6 Å². The molecule has 1 fully saturated rings. The van der Waals surface area contributed by atoms with Crippen LogP contribution in [0.25, 0.3) is 0 Å². The van der Waals surface area contributed by atoms with Crippen LogP contribution in [0.2, 0.25) is 0 Å². The second kappa shape index (κ2) is 8.05. The van der Waals surface area contributed by atoms with Crippen LogP contribution in [0, 0.1) is 17.1 Å². The summed E-state index contributed by atoms with van der Waals surface area (Å²) in [5, 5.41) is 8.87. The highest BCUT2D eigenvalue weighted by Crippen LogP contribution is 2.13. The zero-order chi connectivity index (χ0) is 16.8. The zero-order valence-electron chi connectivity index (χ0n) is 13.8. The number of hydrogen-bond donors (Lipinski definition) is 0. The van der Waals surface area contributed by atoms with Gasteiger partial charge in [0.15, 0.2) is 0 Å². The molecule has 4 heteroatoms. The maximum Gasteiger partial charge on any atom is 0.123 e. The van der Waals surface area contributed by atoms with E-state index < -0.39 is 0 Å². The van der Waals surface area contributed by atoms with Crippen molar-refractivity contribution in [2.45, 2.75) is 19.5 Å². The van der Waals surface area contributed by atoms with Crippen LogP contribution in [-0.2, 0) is 13.1 Å². The van der Waals surface area contributed by atoms with E-state index in [1.54, 1.807) is 12.1 Å². The van der Waals surface area contributed by atoms with Crippen molar-refractivity contribution in [3.8, 4) is 6.07 Å². The lowest BCUT2D eigenvalue weighted by Crippen LogP contribution is -2.30. The zero-order valence-corrected chi connectivity index (χ0v) is 13.8. The summed E-state index contributed by atoms with van der Waals surface area (Å²) >= 11 is 0. The third-order valence-corrected chi connectivity index (χ3v) is 4.47. The van der Waals surface area contributed by atoms with E-state index in [0.717, 1.165) is 51.3 Å². The Labute approximate surface area is 142 Å². The largest absolute Gasteiger partial charge is 0.298 e. The molecule has 0 unspecified atom stereocenters. The van der Waals surface area contributed by atoms with Gasteiger partial charge in [-0.25, -0.2) is 4.39 Å². The van der Waals surface area contributed by atoms with Gasteiger partial charge in [0.1, 0.15) is 5.82 Å². The van der Waals surface area contributed by atoms with Crippen molar-refractivity contribution < 1.29 is 4.39 Å². The molecule has 124 valence electrons. The fraction of sp³-hybridized carbons (Fsp3) is 0.350.